The summed E-state index contributed by atoms with van der Waals surface area (Å²) in [6.45, 7) is 1.84. The maximum Gasteiger partial charge on any atom is 0.256 e. The fourth-order valence-corrected chi connectivity index (χ4v) is 3.73. The Hall–Kier alpha value is -4.32. The van der Waals surface area contributed by atoms with Crippen molar-refractivity contribution in [1.29, 1.82) is 0 Å². The van der Waals surface area contributed by atoms with E-state index in [0.29, 0.717) is 28.0 Å². The van der Waals surface area contributed by atoms with Gasteiger partial charge in [-0.25, -0.2) is 14.1 Å². The third kappa shape index (κ3) is 3.52. The molecule has 2 heterocycles. The summed E-state index contributed by atoms with van der Waals surface area (Å²) in [5, 5.41) is 7.98. The zero-order valence-corrected chi connectivity index (χ0v) is 17.3. The highest BCUT2D eigenvalue weighted by molar-refractivity contribution is 6.13. The van der Waals surface area contributed by atoms with Crippen molar-refractivity contribution in [3.63, 3.8) is 0 Å². The molecule has 0 aliphatic carbocycles. The molecule has 2 aromatic heterocycles. The van der Waals surface area contributed by atoms with Gasteiger partial charge in [0.25, 0.3) is 5.91 Å². The second-order valence-corrected chi connectivity index (χ2v) is 7.39. The van der Waals surface area contributed by atoms with Gasteiger partial charge in [-0.3, -0.25) is 4.79 Å². The van der Waals surface area contributed by atoms with Gasteiger partial charge in [0.1, 0.15) is 5.82 Å². The number of amides is 1. The molecule has 3 aromatic carbocycles. The third-order valence-electron chi connectivity index (χ3n) is 5.25. The molecule has 0 saturated heterocycles. The summed E-state index contributed by atoms with van der Waals surface area (Å²) in [5.74, 6) is -0.915. The van der Waals surface area contributed by atoms with Gasteiger partial charge in [-0.1, -0.05) is 60.7 Å². The molecule has 0 fully saturated rings. The maximum absolute atomic E-state index is 14.2. The Labute approximate surface area is 184 Å². The summed E-state index contributed by atoms with van der Waals surface area (Å²) in [6, 6.07) is 27.1. The molecule has 0 spiro atoms. The van der Waals surface area contributed by atoms with Crippen LogP contribution >= 0.6 is 0 Å². The summed E-state index contributed by atoms with van der Waals surface area (Å²) in [6.07, 6.45) is 0. The van der Waals surface area contributed by atoms with E-state index >= 15 is 0 Å². The van der Waals surface area contributed by atoms with Crippen LogP contribution in [-0.4, -0.2) is 20.7 Å². The largest absolute Gasteiger partial charge is 0.319 e. The number of carbonyl (C=O) groups is 1. The predicted octanol–water partition coefficient (Wildman–Crippen LogP) is 5.79. The third-order valence-corrected chi connectivity index (χ3v) is 5.25. The zero-order valence-electron chi connectivity index (χ0n) is 17.3. The first-order valence-electron chi connectivity index (χ1n) is 10.2. The van der Waals surface area contributed by atoms with E-state index in [0.717, 1.165) is 11.3 Å². The van der Waals surface area contributed by atoms with Crippen LogP contribution in [0.2, 0.25) is 0 Å². The van der Waals surface area contributed by atoms with Gasteiger partial charge in [-0.05, 0) is 37.3 Å². The van der Waals surface area contributed by atoms with Crippen LogP contribution in [-0.2, 0) is 0 Å². The second-order valence-electron chi connectivity index (χ2n) is 7.39. The smallest absolute Gasteiger partial charge is 0.256 e. The van der Waals surface area contributed by atoms with Crippen LogP contribution in [0.5, 0.6) is 0 Å². The minimum Gasteiger partial charge on any atom is -0.319 e. The average molecular weight is 422 g/mol. The topological polar surface area (TPSA) is 59.8 Å². The summed E-state index contributed by atoms with van der Waals surface area (Å²) in [5.41, 5.74) is 4.07. The first-order chi connectivity index (χ1) is 15.6. The van der Waals surface area contributed by atoms with Crippen LogP contribution in [0.4, 0.5) is 10.1 Å². The van der Waals surface area contributed by atoms with E-state index < -0.39 is 11.7 Å². The summed E-state index contributed by atoms with van der Waals surface area (Å²) in [7, 11) is 0. The van der Waals surface area contributed by atoms with Crippen molar-refractivity contribution in [3.8, 4) is 16.9 Å². The molecule has 5 aromatic rings. The van der Waals surface area contributed by atoms with E-state index in [-0.39, 0.29) is 5.69 Å². The lowest BCUT2D eigenvalue weighted by molar-refractivity contribution is 0.102. The number of para-hydroxylation sites is 2. The molecule has 0 unspecified atom stereocenters. The van der Waals surface area contributed by atoms with Crippen molar-refractivity contribution in [3.05, 3.63) is 108 Å². The first kappa shape index (κ1) is 19.6. The second kappa shape index (κ2) is 8.07. The van der Waals surface area contributed by atoms with Gasteiger partial charge in [-0.15, -0.1) is 0 Å². The number of rotatable bonds is 4. The number of fused-ring (bicyclic) bond motifs is 1. The predicted molar refractivity (Wildman–Crippen MR) is 123 cm³/mol. The molecule has 0 saturated carbocycles. The van der Waals surface area contributed by atoms with E-state index in [1.54, 1.807) is 22.9 Å². The fourth-order valence-electron chi connectivity index (χ4n) is 3.73. The number of pyridine rings is 1. The van der Waals surface area contributed by atoms with E-state index in [9.17, 15) is 9.18 Å². The van der Waals surface area contributed by atoms with Crippen molar-refractivity contribution in [2.75, 3.05) is 5.32 Å². The van der Waals surface area contributed by atoms with Gasteiger partial charge in [0.05, 0.1) is 33.7 Å². The number of nitrogens with one attached hydrogen (secondary N) is 1. The van der Waals surface area contributed by atoms with Gasteiger partial charge in [0.2, 0.25) is 0 Å². The van der Waals surface area contributed by atoms with Gasteiger partial charge in [0.15, 0.2) is 5.65 Å². The molecule has 0 bridgehead atoms. The monoisotopic (exact) mass is 422 g/mol. The standard InChI is InChI=1S/C26H19FN4O/c1-17-24-20(26(32)29-22-15-9-8-14-21(22)27)16-23(18-10-4-2-5-11-18)28-25(24)31(30-17)19-12-6-3-7-13-19/h2-16H,1H3,(H,29,32). The van der Waals surface area contributed by atoms with Crippen LogP contribution < -0.4 is 5.32 Å². The molecule has 1 N–H and O–H groups in total. The molecule has 32 heavy (non-hydrogen) atoms. The highest BCUT2D eigenvalue weighted by Crippen LogP contribution is 2.29. The van der Waals surface area contributed by atoms with Crippen LogP contribution in [0.1, 0.15) is 16.1 Å². The SMILES string of the molecule is Cc1nn(-c2ccccc2)c2nc(-c3ccccc3)cc(C(=O)Nc3ccccc3F)c12. The molecule has 1 amide bonds. The normalized spacial score (nSPS) is 10.9. The molecule has 5 rings (SSSR count). The van der Waals surface area contributed by atoms with Gasteiger partial charge in [0, 0.05) is 5.56 Å². The zero-order chi connectivity index (χ0) is 22.1. The Bertz CT molecular complexity index is 1430. The number of hydrogen-bond donors (Lipinski definition) is 1. The van der Waals surface area contributed by atoms with Crippen molar-refractivity contribution in [1.82, 2.24) is 14.8 Å². The Kier molecular flexibility index (Phi) is 4.95. The molecule has 0 aliphatic heterocycles. The Balaban J connectivity index is 1.73. The maximum atomic E-state index is 14.2. The average Bonchev–Trinajstić information content (AvgIpc) is 3.17. The molecule has 0 atom stereocenters. The summed E-state index contributed by atoms with van der Waals surface area (Å²) < 4.78 is 15.9. The molecule has 6 heteroatoms. The Morgan fingerprint density at radius 1 is 0.906 bits per heavy atom. The molecular formula is C26H19FN4O. The molecule has 0 radical (unpaired) electrons. The quantitative estimate of drug-likeness (QED) is 0.399. The lowest BCUT2D eigenvalue weighted by atomic mass is 10.0. The number of benzene rings is 3. The van der Waals surface area contributed by atoms with Crippen molar-refractivity contribution < 1.29 is 9.18 Å². The van der Waals surface area contributed by atoms with Crippen LogP contribution in [0.3, 0.4) is 0 Å². The Morgan fingerprint density at radius 2 is 1.56 bits per heavy atom. The minimum absolute atomic E-state index is 0.122. The lowest BCUT2D eigenvalue weighted by Gasteiger charge is -2.10. The van der Waals surface area contributed by atoms with Gasteiger partial charge >= 0.3 is 0 Å². The molecule has 156 valence electrons. The Morgan fingerprint density at radius 3 is 2.28 bits per heavy atom. The van der Waals surface area contributed by atoms with E-state index in [2.05, 4.69) is 10.4 Å². The number of aromatic nitrogens is 3. The van der Waals surface area contributed by atoms with Crippen molar-refractivity contribution in [2.45, 2.75) is 6.92 Å². The number of aryl methyl sites for hydroxylation is 1. The van der Waals surface area contributed by atoms with E-state index in [1.165, 1.54) is 12.1 Å². The molecular weight excluding hydrogens is 403 g/mol. The van der Waals surface area contributed by atoms with Crippen LogP contribution in [0.15, 0.2) is 91.0 Å². The van der Waals surface area contributed by atoms with Crippen LogP contribution in [0, 0.1) is 12.7 Å². The summed E-state index contributed by atoms with van der Waals surface area (Å²) in [4.78, 5) is 18.2. The van der Waals surface area contributed by atoms with Gasteiger partial charge in [-0.2, -0.15) is 5.10 Å². The van der Waals surface area contributed by atoms with Crippen molar-refractivity contribution in [2.24, 2.45) is 0 Å². The lowest BCUT2D eigenvalue weighted by Crippen LogP contribution is -2.14. The number of carbonyl (C=O) groups excluding carboxylic acids is 1. The van der Waals surface area contributed by atoms with E-state index in [4.69, 9.17) is 4.98 Å². The van der Waals surface area contributed by atoms with E-state index in [1.807, 2.05) is 67.6 Å². The van der Waals surface area contributed by atoms with Crippen LogP contribution in [0.25, 0.3) is 28.0 Å². The highest BCUT2D eigenvalue weighted by atomic mass is 19.1. The highest BCUT2D eigenvalue weighted by Gasteiger charge is 2.21. The van der Waals surface area contributed by atoms with Crippen molar-refractivity contribution >= 4 is 22.6 Å². The minimum atomic E-state index is -0.494. The summed E-state index contributed by atoms with van der Waals surface area (Å²) >= 11 is 0. The number of anilines is 1. The fraction of sp³-hybridized carbons (Fsp3) is 0.0385. The van der Waals surface area contributed by atoms with Gasteiger partial charge < -0.3 is 5.32 Å². The number of halogens is 1. The number of nitrogens with zero attached hydrogens (tertiary/aromatic N) is 3. The molecule has 5 nitrogen and oxygen atoms in total. The molecule has 0 aliphatic rings. The number of hydrogen-bond acceptors (Lipinski definition) is 3. The first-order valence-corrected chi connectivity index (χ1v) is 10.2.